The van der Waals surface area contributed by atoms with Crippen LogP contribution in [-0.2, 0) is 9.59 Å². The Balaban J connectivity index is 3.02. The van der Waals surface area contributed by atoms with Gasteiger partial charge in [0.05, 0.1) is 0 Å². The van der Waals surface area contributed by atoms with Crippen molar-refractivity contribution in [1.82, 2.24) is 10.2 Å². The molecule has 1 heterocycles. The summed E-state index contributed by atoms with van der Waals surface area (Å²) in [6.07, 6.45) is 1.04. The van der Waals surface area contributed by atoms with Crippen molar-refractivity contribution in [2.75, 3.05) is 6.54 Å². The predicted molar refractivity (Wildman–Crippen MR) is 69.5 cm³/mol. The number of nitrogens with zero attached hydrogens (tertiary/aromatic N) is 1. The highest BCUT2D eigenvalue weighted by atomic mass is 16.4. The molecule has 1 rings (SSSR count). The van der Waals surface area contributed by atoms with Crippen LogP contribution in [0.4, 0.5) is 4.79 Å². The van der Waals surface area contributed by atoms with E-state index in [-0.39, 0.29) is 11.8 Å². The predicted octanol–water partition coefficient (Wildman–Crippen LogP) is 1.45. The summed E-state index contributed by atoms with van der Waals surface area (Å²) in [5.41, 5.74) is -0.950. The lowest BCUT2D eigenvalue weighted by atomic mass is 9.82. The first-order chi connectivity index (χ1) is 8.68. The molecule has 0 aromatic carbocycles. The summed E-state index contributed by atoms with van der Waals surface area (Å²) in [5, 5.41) is 11.5. The maximum atomic E-state index is 12.4. The molecule has 0 saturated carbocycles. The number of nitrogens with one attached hydrogen (secondary N) is 1. The van der Waals surface area contributed by atoms with E-state index in [4.69, 9.17) is 5.11 Å². The molecule has 0 bridgehead atoms. The summed E-state index contributed by atoms with van der Waals surface area (Å²) in [7, 11) is 0. The van der Waals surface area contributed by atoms with E-state index in [0.29, 0.717) is 12.8 Å². The Bertz CT molecular complexity index is 380. The first-order valence-corrected chi connectivity index (χ1v) is 6.54. The van der Waals surface area contributed by atoms with Gasteiger partial charge < -0.3 is 10.4 Å². The van der Waals surface area contributed by atoms with Crippen LogP contribution in [0.3, 0.4) is 0 Å². The molecule has 19 heavy (non-hydrogen) atoms. The van der Waals surface area contributed by atoms with Crippen molar-refractivity contribution in [3.63, 3.8) is 0 Å². The summed E-state index contributed by atoms with van der Waals surface area (Å²) in [6, 6.07) is -0.603. The van der Waals surface area contributed by atoms with Gasteiger partial charge in [-0.2, -0.15) is 0 Å². The fourth-order valence-corrected chi connectivity index (χ4v) is 2.71. The van der Waals surface area contributed by atoms with Crippen molar-refractivity contribution in [3.05, 3.63) is 0 Å². The van der Waals surface area contributed by atoms with Gasteiger partial charge in [0.25, 0.3) is 5.91 Å². The van der Waals surface area contributed by atoms with Gasteiger partial charge in [0.2, 0.25) is 0 Å². The largest absolute Gasteiger partial charge is 0.480 e. The van der Waals surface area contributed by atoms with Gasteiger partial charge >= 0.3 is 12.0 Å². The summed E-state index contributed by atoms with van der Waals surface area (Å²) in [6.45, 7) is 7.31. The summed E-state index contributed by atoms with van der Waals surface area (Å²) in [4.78, 5) is 35.8. The zero-order valence-electron chi connectivity index (χ0n) is 11.9. The second-order valence-electron chi connectivity index (χ2n) is 5.99. The summed E-state index contributed by atoms with van der Waals surface area (Å²) >= 11 is 0. The molecule has 0 spiro atoms. The maximum Gasteiger partial charge on any atom is 0.325 e. The van der Waals surface area contributed by atoms with Crippen molar-refractivity contribution in [1.29, 1.82) is 0 Å². The first kappa shape index (κ1) is 15.5. The van der Waals surface area contributed by atoms with E-state index in [1.54, 1.807) is 0 Å². The number of carbonyl (C=O) groups excluding carboxylic acids is 2. The van der Waals surface area contributed by atoms with Crippen LogP contribution in [0.2, 0.25) is 0 Å². The zero-order valence-corrected chi connectivity index (χ0v) is 11.9. The number of carboxylic acids is 1. The molecule has 0 aromatic heterocycles. The fourth-order valence-electron chi connectivity index (χ4n) is 2.71. The molecule has 0 unspecified atom stereocenters. The minimum Gasteiger partial charge on any atom is -0.480 e. The molecule has 6 nitrogen and oxygen atoms in total. The average Bonchev–Trinajstić information content (AvgIpc) is 2.40. The van der Waals surface area contributed by atoms with Crippen molar-refractivity contribution < 1.29 is 19.5 Å². The number of carboxylic acid groups (broad SMARTS) is 1. The molecule has 6 heteroatoms. The third-order valence-corrected chi connectivity index (χ3v) is 3.05. The molecular formula is C13H22N2O4. The van der Waals surface area contributed by atoms with Crippen molar-refractivity contribution in [2.45, 2.75) is 46.1 Å². The monoisotopic (exact) mass is 270 g/mol. The van der Waals surface area contributed by atoms with E-state index in [1.807, 2.05) is 27.7 Å². The second kappa shape index (κ2) is 5.59. The smallest absolute Gasteiger partial charge is 0.325 e. The minimum atomic E-state index is -1.19. The molecular weight excluding hydrogens is 248 g/mol. The highest BCUT2D eigenvalue weighted by Gasteiger charge is 2.51. The fraction of sp³-hybridized carbons (Fsp3) is 0.769. The highest BCUT2D eigenvalue weighted by Crippen LogP contribution is 2.31. The van der Waals surface area contributed by atoms with Gasteiger partial charge in [-0.1, -0.05) is 27.7 Å². The molecule has 1 aliphatic rings. The Morgan fingerprint density at radius 1 is 1.21 bits per heavy atom. The normalized spacial score (nSPS) is 18.3. The van der Waals surface area contributed by atoms with Crippen LogP contribution in [0.25, 0.3) is 0 Å². The van der Waals surface area contributed by atoms with Crippen molar-refractivity contribution >= 4 is 17.9 Å². The molecule has 108 valence electrons. The van der Waals surface area contributed by atoms with Gasteiger partial charge in [0.15, 0.2) is 0 Å². The zero-order chi connectivity index (χ0) is 14.8. The van der Waals surface area contributed by atoms with Gasteiger partial charge in [0, 0.05) is 0 Å². The third-order valence-electron chi connectivity index (χ3n) is 3.05. The molecule has 1 fully saturated rings. The molecule has 1 aliphatic heterocycles. The quantitative estimate of drug-likeness (QED) is 0.715. The molecule has 3 amide bonds. The van der Waals surface area contributed by atoms with Crippen LogP contribution in [0.15, 0.2) is 0 Å². The van der Waals surface area contributed by atoms with E-state index in [0.717, 1.165) is 4.90 Å². The van der Waals surface area contributed by atoms with Crippen molar-refractivity contribution in [3.8, 4) is 0 Å². The number of aliphatic carboxylic acids is 1. The number of amides is 3. The molecule has 0 radical (unpaired) electrons. The Morgan fingerprint density at radius 3 is 2.05 bits per heavy atom. The van der Waals surface area contributed by atoms with Crippen LogP contribution in [0.5, 0.6) is 0 Å². The lowest BCUT2D eigenvalue weighted by Crippen LogP contribution is -2.49. The molecule has 0 aliphatic carbocycles. The number of imide groups is 1. The van der Waals surface area contributed by atoms with E-state index in [9.17, 15) is 14.4 Å². The van der Waals surface area contributed by atoms with E-state index in [2.05, 4.69) is 5.32 Å². The average molecular weight is 270 g/mol. The summed E-state index contributed by atoms with van der Waals surface area (Å²) < 4.78 is 0. The lowest BCUT2D eigenvalue weighted by molar-refractivity contribution is -0.143. The van der Waals surface area contributed by atoms with E-state index in [1.165, 1.54) is 0 Å². The first-order valence-electron chi connectivity index (χ1n) is 6.54. The van der Waals surface area contributed by atoms with Gasteiger partial charge in [-0.05, 0) is 24.7 Å². The van der Waals surface area contributed by atoms with Gasteiger partial charge in [0.1, 0.15) is 12.1 Å². The molecule has 0 atom stereocenters. The number of urea groups is 1. The topological polar surface area (TPSA) is 86.7 Å². The van der Waals surface area contributed by atoms with Crippen LogP contribution in [0.1, 0.15) is 40.5 Å². The van der Waals surface area contributed by atoms with Crippen LogP contribution in [0, 0.1) is 11.8 Å². The van der Waals surface area contributed by atoms with Crippen LogP contribution >= 0.6 is 0 Å². The number of hydrogen-bond acceptors (Lipinski definition) is 3. The lowest BCUT2D eigenvalue weighted by Gasteiger charge is -2.30. The standard InChI is InChI=1S/C13H22N2O4/c1-8(2)5-13(6-9(3)4)11(18)15(7-10(16)17)12(19)14-13/h8-9H,5-7H2,1-4H3,(H,14,19)(H,16,17). The van der Waals surface area contributed by atoms with Gasteiger partial charge in [-0.25, -0.2) is 4.79 Å². The van der Waals surface area contributed by atoms with Gasteiger partial charge in [-0.15, -0.1) is 0 Å². The molecule has 0 aromatic rings. The Hall–Kier alpha value is -1.59. The second-order valence-corrected chi connectivity index (χ2v) is 5.99. The maximum absolute atomic E-state index is 12.4. The third kappa shape index (κ3) is 3.45. The molecule has 2 N–H and O–H groups in total. The number of rotatable bonds is 6. The van der Waals surface area contributed by atoms with Crippen LogP contribution in [-0.4, -0.2) is 40.0 Å². The van der Waals surface area contributed by atoms with Crippen LogP contribution < -0.4 is 5.32 Å². The van der Waals surface area contributed by atoms with E-state index < -0.39 is 30.0 Å². The summed E-state index contributed by atoms with van der Waals surface area (Å²) in [5.74, 6) is -1.14. The van der Waals surface area contributed by atoms with Crippen molar-refractivity contribution in [2.24, 2.45) is 11.8 Å². The van der Waals surface area contributed by atoms with E-state index >= 15 is 0 Å². The number of carbonyl (C=O) groups is 3. The highest BCUT2D eigenvalue weighted by molar-refractivity contribution is 6.08. The SMILES string of the molecule is CC(C)CC1(CC(C)C)NC(=O)N(CC(=O)O)C1=O. The Kier molecular flexibility index (Phi) is 4.55. The van der Waals surface area contributed by atoms with Gasteiger partial charge in [-0.3, -0.25) is 14.5 Å². The molecule has 1 saturated heterocycles. The minimum absolute atomic E-state index is 0.229. The number of hydrogen-bond donors (Lipinski definition) is 2. The Labute approximate surface area is 113 Å². The Morgan fingerprint density at radius 2 is 1.68 bits per heavy atom.